The molecule has 3 heteroatoms. The van der Waals surface area contributed by atoms with E-state index in [9.17, 15) is 4.79 Å². The molecule has 0 aliphatic rings. The van der Waals surface area contributed by atoms with Gasteiger partial charge in [-0.1, -0.05) is 13.8 Å². The number of hydrogen-bond donors (Lipinski definition) is 0. The summed E-state index contributed by atoms with van der Waals surface area (Å²) in [6.45, 7) is 9.31. The smallest absolute Gasteiger partial charge is 0.160 e. The molecule has 0 aliphatic heterocycles. The van der Waals surface area contributed by atoms with Crippen LogP contribution in [0.2, 0.25) is 0 Å². The van der Waals surface area contributed by atoms with Gasteiger partial charge in [0.25, 0.3) is 0 Å². The van der Waals surface area contributed by atoms with Crippen molar-refractivity contribution >= 4 is 5.78 Å². The Labute approximate surface area is 86.8 Å². The summed E-state index contributed by atoms with van der Waals surface area (Å²) in [7, 11) is 0. The highest BCUT2D eigenvalue weighted by molar-refractivity contribution is 5.81. The van der Waals surface area contributed by atoms with Crippen LogP contribution < -0.4 is 0 Å². The molecule has 0 N–H and O–H groups in total. The quantitative estimate of drug-likeness (QED) is 0.565. The molecule has 0 aromatic heterocycles. The van der Waals surface area contributed by atoms with E-state index in [2.05, 4.69) is 0 Å². The number of hydrogen-bond acceptors (Lipinski definition) is 3. The summed E-state index contributed by atoms with van der Waals surface area (Å²) in [5.74, 6) is 0.233. The number of carbonyl (C=O) groups is 1. The minimum absolute atomic E-state index is 0.0712. The fraction of sp³-hybridized carbons (Fsp3) is 0.909. The molecule has 0 amide bonds. The number of rotatable bonds is 8. The molecule has 0 fully saturated rings. The lowest BCUT2D eigenvalue weighted by atomic mass is 10.1. The topological polar surface area (TPSA) is 35.5 Å². The lowest BCUT2D eigenvalue weighted by Crippen LogP contribution is -2.16. The van der Waals surface area contributed by atoms with Gasteiger partial charge in [0.1, 0.15) is 6.61 Å². The minimum atomic E-state index is 0.0712. The molecule has 0 heterocycles. The Morgan fingerprint density at radius 2 is 1.79 bits per heavy atom. The van der Waals surface area contributed by atoms with Gasteiger partial charge in [0.05, 0.1) is 6.10 Å². The molecule has 3 nitrogen and oxygen atoms in total. The van der Waals surface area contributed by atoms with E-state index in [0.29, 0.717) is 13.2 Å². The molecule has 0 aromatic rings. The monoisotopic (exact) mass is 202 g/mol. The predicted molar refractivity (Wildman–Crippen MR) is 56.4 cm³/mol. The highest BCUT2D eigenvalue weighted by Crippen LogP contribution is 1.96. The fourth-order valence-electron chi connectivity index (χ4n) is 0.819. The molecule has 0 aliphatic carbocycles. The van der Waals surface area contributed by atoms with E-state index in [1.54, 1.807) is 0 Å². The summed E-state index contributed by atoms with van der Waals surface area (Å²) in [4.78, 5) is 11.1. The third kappa shape index (κ3) is 8.20. The van der Waals surface area contributed by atoms with Crippen LogP contribution in [0.5, 0.6) is 0 Å². The summed E-state index contributed by atoms with van der Waals surface area (Å²) < 4.78 is 10.5. The van der Waals surface area contributed by atoms with E-state index in [4.69, 9.17) is 9.47 Å². The standard InChI is InChI=1S/C11H22O3/c1-9(2)11(12)8-13-6-5-7-14-10(3)4/h9-10H,5-8H2,1-4H3. The van der Waals surface area contributed by atoms with Crippen molar-refractivity contribution < 1.29 is 14.3 Å². The van der Waals surface area contributed by atoms with Gasteiger partial charge in [0.15, 0.2) is 5.78 Å². The maximum atomic E-state index is 11.1. The van der Waals surface area contributed by atoms with Crippen LogP contribution in [0.3, 0.4) is 0 Å². The van der Waals surface area contributed by atoms with Crippen LogP contribution in [0, 0.1) is 5.92 Å². The minimum Gasteiger partial charge on any atom is -0.379 e. The maximum absolute atomic E-state index is 11.1. The van der Waals surface area contributed by atoms with E-state index in [1.165, 1.54) is 0 Å². The van der Waals surface area contributed by atoms with Crippen molar-refractivity contribution in [2.45, 2.75) is 40.2 Å². The summed E-state index contributed by atoms with van der Waals surface area (Å²) >= 11 is 0. The molecule has 0 radical (unpaired) electrons. The molecule has 0 spiro atoms. The number of ketones is 1. The Balaban J connectivity index is 3.18. The molecule has 0 rings (SSSR count). The first-order valence-corrected chi connectivity index (χ1v) is 5.26. The maximum Gasteiger partial charge on any atom is 0.160 e. The number of carbonyl (C=O) groups excluding carboxylic acids is 1. The predicted octanol–water partition coefficient (Wildman–Crippen LogP) is 2.04. The molecule has 0 atom stereocenters. The molecular formula is C11H22O3. The first-order valence-electron chi connectivity index (χ1n) is 5.26. The second-order valence-corrected chi connectivity index (χ2v) is 3.95. The number of Topliss-reactive ketones (excluding diaryl/α,β-unsaturated/α-hetero) is 1. The molecule has 14 heavy (non-hydrogen) atoms. The zero-order valence-electron chi connectivity index (χ0n) is 9.71. The van der Waals surface area contributed by atoms with Gasteiger partial charge in [-0.15, -0.1) is 0 Å². The van der Waals surface area contributed by atoms with Crippen LogP contribution in [0.15, 0.2) is 0 Å². The van der Waals surface area contributed by atoms with Gasteiger partial charge < -0.3 is 9.47 Å². The van der Waals surface area contributed by atoms with Gasteiger partial charge in [0.2, 0.25) is 0 Å². The molecular weight excluding hydrogens is 180 g/mol. The highest BCUT2D eigenvalue weighted by atomic mass is 16.5. The van der Waals surface area contributed by atoms with E-state index >= 15 is 0 Å². The van der Waals surface area contributed by atoms with Gasteiger partial charge in [-0.05, 0) is 20.3 Å². The molecule has 0 unspecified atom stereocenters. The summed E-state index contributed by atoms with van der Waals surface area (Å²) in [5, 5.41) is 0. The van der Waals surface area contributed by atoms with E-state index in [1.807, 2.05) is 27.7 Å². The summed E-state index contributed by atoms with van der Waals surface area (Å²) in [6, 6.07) is 0. The Morgan fingerprint density at radius 3 is 2.29 bits per heavy atom. The van der Waals surface area contributed by atoms with Gasteiger partial charge in [-0.25, -0.2) is 0 Å². The van der Waals surface area contributed by atoms with Gasteiger partial charge >= 0.3 is 0 Å². The van der Waals surface area contributed by atoms with Crippen LogP contribution in [-0.2, 0) is 14.3 Å². The van der Waals surface area contributed by atoms with Crippen molar-refractivity contribution in [3.05, 3.63) is 0 Å². The summed E-state index contributed by atoms with van der Waals surface area (Å²) in [5.41, 5.74) is 0. The van der Waals surface area contributed by atoms with Crippen molar-refractivity contribution in [1.82, 2.24) is 0 Å². The first-order chi connectivity index (χ1) is 6.54. The van der Waals surface area contributed by atoms with Crippen LogP contribution >= 0.6 is 0 Å². The van der Waals surface area contributed by atoms with E-state index in [0.717, 1.165) is 6.42 Å². The van der Waals surface area contributed by atoms with Gasteiger partial charge in [-0.2, -0.15) is 0 Å². The van der Waals surface area contributed by atoms with Crippen molar-refractivity contribution in [3.63, 3.8) is 0 Å². The van der Waals surface area contributed by atoms with E-state index in [-0.39, 0.29) is 24.4 Å². The second-order valence-electron chi connectivity index (χ2n) is 3.95. The second kappa shape index (κ2) is 7.94. The van der Waals surface area contributed by atoms with Crippen LogP contribution in [-0.4, -0.2) is 31.7 Å². The zero-order valence-corrected chi connectivity index (χ0v) is 9.71. The summed E-state index contributed by atoms with van der Waals surface area (Å²) in [6.07, 6.45) is 1.12. The molecule has 0 saturated carbocycles. The normalized spacial score (nSPS) is 11.3. The Kier molecular flexibility index (Phi) is 7.71. The lowest BCUT2D eigenvalue weighted by molar-refractivity contribution is -0.126. The van der Waals surface area contributed by atoms with Crippen LogP contribution in [0.4, 0.5) is 0 Å². The number of ether oxygens (including phenoxy) is 2. The zero-order chi connectivity index (χ0) is 11.0. The van der Waals surface area contributed by atoms with E-state index < -0.39 is 0 Å². The Bertz CT molecular complexity index is 153. The van der Waals surface area contributed by atoms with Crippen LogP contribution in [0.1, 0.15) is 34.1 Å². The third-order valence-corrected chi connectivity index (χ3v) is 1.77. The Morgan fingerprint density at radius 1 is 1.14 bits per heavy atom. The average molecular weight is 202 g/mol. The van der Waals surface area contributed by atoms with Crippen molar-refractivity contribution in [2.24, 2.45) is 5.92 Å². The fourth-order valence-corrected chi connectivity index (χ4v) is 0.819. The van der Waals surface area contributed by atoms with Crippen molar-refractivity contribution in [2.75, 3.05) is 19.8 Å². The van der Waals surface area contributed by atoms with Gasteiger partial charge in [-0.3, -0.25) is 4.79 Å². The average Bonchev–Trinajstić information content (AvgIpc) is 2.09. The molecule has 0 saturated heterocycles. The molecule has 0 aromatic carbocycles. The Hall–Kier alpha value is -0.410. The lowest BCUT2D eigenvalue weighted by Gasteiger charge is -2.08. The SMILES string of the molecule is CC(C)OCCCOCC(=O)C(C)C. The first kappa shape index (κ1) is 13.6. The highest BCUT2D eigenvalue weighted by Gasteiger charge is 2.06. The largest absolute Gasteiger partial charge is 0.379 e. The van der Waals surface area contributed by atoms with Crippen molar-refractivity contribution in [1.29, 1.82) is 0 Å². The van der Waals surface area contributed by atoms with Crippen molar-refractivity contribution in [3.8, 4) is 0 Å². The van der Waals surface area contributed by atoms with Gasteiger partial charge in [0, 0.05) is 19.1 Å². The third-order valence-electron chi connectivity index (χ3n) is 1.77. The molecule has 0 bridgehead atoms. The molecule has 84 valence electrons. The van der Waals surface area contributed by atoms with Crippen LogP contribution in [0.25, 0.3) is 0 Å².